The van der Waals surface area contributed by atoms with Gasteiger partial charge in [0.25, 0.3) is 0 Å². The number of aryl methyl sites for hydroxylation is 1. The second kappa shape index (κ2) is 5.30. The van der Waals surface area contributed by atoms with Gasteiger partial charge in [0, 0.05) is 16.5 Å². The predicted molar refractivity (Wildman–Crippen MR) is 73.0 cm³/mol. The largest absolute Gasteiger partial charge is 0.322 e. The van der Waals surface area contributed by atoms with E-state index in [0.717, 1.165) is 12.8 Å². The zero-order chi connectivity index (χ0) is 12.3. The second-order valence-corrected chi connectivity index (χ2v) is 5.79. The zero-order valence-electron chi connectivity index (χ0n) is 11.1. The van der Waals surface area contributed by atoms with Gasteiger partial charge < -0.3 is 10.6 Å². The lowest BCUT2D eigenvalue weighted by Crippen LogP contribution is -2.51. The van der Waals surface area contributed by atoms with Crippen LogP contribution in [0.3, 0.4) is 0 Å². The first kappa shape index (κ1) is 13.7. The highest BCUT2D eigenvalue weighted by atomic mass is 32.1. The van der Waals surface area contributed by atoms with Gasteiger partial charge in [-0.25, -0.2) is 0 Å². The minimum Gasteiger partial charge on any atom is -0.322 e. The summed E-state index contributed by atoms with van der Waals surface area (Å²) in [5.41, 5.74) is 7.83. The molecule has 1 heterocycles. The molecule has 0 aliphatic rings. The number of nitrogens with zero attached hydrogens (tertiary/aromatic N) is 1. The topological polar surface area (TPSA) is 29.3 Å². The molecule has 0 saturated heterocycles. The summed E-state index contributed by atoms with van der Waals surface area (Å²) in [5.74, 6) is 0. The molecule has 1 aromatic heterocycles. The Bertz CT molecular complexity index is 326. The van der Waals surface area contributed by atoms with Crippen molar-refractivity contribution in [3.63, 3.8) is 0 Å². The van der Waals surface area contributed by atoms with Crippen LogP contribution >= 0.6 is 11.3 Å². The predicted octanol–water partition coefficient (Wildman–Crippen LogP) is 3.18. The van der Waals surface area contributed by atoms with Crippen LogP contribution in [0.2, 0.25) is 0 Å². The smallest absolute Gasteiger partial charge is 0.0490 e. The van der Waals surface area contributed by atoms with Crippen LogP contribution in [0, 0.1) is 6.92 Å². The van der Waals surface area contributed by atoms with Gasteiger partial charge in [0.1, 0.15) is 0 Å². The second-order valence-electron chi connectivity index (χ2n) is 4.67. The van der Waals surface area contributed by atoms with Crippen molar-refractivity contribution in [3.8, 4) is 0 Å². The highest BCUT2D eigenvalue weighted by molar-refractivity contribution is 7.10. The average Bonchev–Trinajstić information content (AvgIpc) is 2.66. The van der Waals surface area contributed by atoms with E-state index in [-0.39, 0.29) is 11.6 Å². The standard InChI is InChI=1S/C13H24N2S/c1-6-13(7-2,15(4)5)12(14)11-8-10(3)16-9-11/h8-9,12H,6-7,14H2,1-5H3. The van der Waals surface area contributed by atoms with Crippen LogP contribution in [0.15, 0.2) is 11.4 Å². The molecule has 0 aromatic carbocycles. The third-order valence-electron chi connectivity index (χ3n) is 3.80. The third-order valence-corrected chi connectivity index (χ3v) is 4.68. The number of thiophene rings is 1. The van der Waals surface area contributed by atoms with Crippen LogP contribution in [0.4, 0.5) is 0 Å². The van der Waals surface area contributed by atoms with E-state index in [1.165, 1.54) is 10.4 Å². The van der Waals surface area contributed by atoms with Gasteiger partial charge in [-0.2, -0.15) is 0 Å². The van der Waals surface area contributed by atoms with Gasteiger partial charge in [-0.05, 0) is 50.9 Å². The molecule has 3 heteroatoms. The van der Waals surface area contributed by atoms with E-state index >= 15 is 0 Å². The van der Waals surface area contributed by atoms with Crippen molar-refractivity contribution in [3.05, 3.63) is 21.9 Å². The van der Waals surface area contributed by atoms with E-state index < -0.39 is 0 Å². The van der Waals surface area contributed by atoms with Gasteiger partial charge in [-0.15, -0.1) is 11.3 Å². The van der Waals surface area contributed by atoms with Gasteiger partial charge in [0.2, 0.25) is 0 Å². The molecule has 0 amide bonds. The summed E-state index contributed by atoms with van der Waals surface area (Å²) in [5, 5.41) is 2.20. The number of nitrogens with two attached hydrogens (primary N) is 1. The Labute approximate surface area is 103 Å². The third kappa shape index (κ3) is 2.31. The number of hydrogen-bond donors (Lipinski definition) is 1. The lowest BCUT2D eigenvalue weighted by Gasteiger charge is -2.43. The van der Waals surface area contributed by atoms with Crippen molar-refractivity contribution in [1.82, 2.24) is 4.90 Å². The maximum atomic E-state index is 6.47. The molecule has 0 aliphatic carbocycles. The van der Waals surface area contributed by atoms with Gasteiger partial charge in [0.05, 0.1) is 0 Å². The van der Waals surface area contributed by atoms with Crippen molar-refractivity contribution in [1.29, 1.82) is 0 Å². The number of rotatable bonds is 5. The van der Waals surface area contributed by atoms with E-state index in [2.05, 4.69) is 51.2 Å². The van der Waals surface area contributed by atoms with Crippen molar-refractivity contribution in [2.45, 2.75) is 45.2 Å². The van der Waals surface area contributed by atoms with E-state index in [0.29, 0.717) is 0 Å². The summed E-state index contributed by atoms with van der Waals surface area (Å²) in [7, 11) is 4.26. The molecule has 16 heavy (non-hydrogen) atoms. The van der Waals surface area contributed by atoms with Crippen LogP contribution in [-0.2, 0) is 0 Å². The molecule has 1 unspecified atom stereocenters. The molecule has 1 rings (SSSR count). The minimum atomic E-state index is 0.0769. The fourth-order valence-corrected chi connectivity index (χ4v) is 3.28. The summed E-state index contributed by atoms with van der Waals surface area (Å²) in [6, 6.07) is 2.32. The lowest BCUT2D eigenvalue weighted by molar-refractivity contribution is 0.106. The quantitative estimate of drug-likeness (QED) is 0.856. The molecule has 0 spiro atoms. The van der Waals surface area contributed by atoms with Gasteiger partial charge in [-0.1, -0.05) is 13.8 Å². The molecule has 2 nitrogen and oxygen atoms in total. The normalized spacial score (nSPS) is 14.4. The first-order valence-electron chi connectivity index (χ1n) is 5.96. The van der Waals surface area contributed by atoms with Crippen molar-refractivity contribution < 1.29 is 0 Å². The van der Waals surface area contributed by atoms with Crippen LogP contribution < -0.4 is 5.73 Å². The van der Waals surface area contributed by atoms with Gasteiger partial charge in [0.15, 0.2) is 0 Å². The van der Waals surface area contributed by atoms with E-state index in [1.54, 1.807) is 11.3 Å². The Balaban J connectivity index is 3.04. The Morgan fingerprint density at radius 2 is 1.94 bits per heavy atom. The molecule has 1 aromatic rings. The lowest BCUT2D eigenvalue weighted by atomic mass is 9.81. The van der Waals surface area contributed by atoms with Gasteiger partial charge in [-0.3, -0.25) is 0 Å². The maximum absolute atomic E-state index is 6.47. The molecule has 2 N–H and O–H groups in total. The van der Waals surface area contributed by atoms with Crippen molar-refractivity contribution >= 4 is 11.3 Å². The summed E-state index contributed by atoms with van der Waals surface area (Å²) in [6.45, 7) is 6.58. The monoisotopic (exact) mass is 240 g/mol. The summed E-state index contributed by atoms with van der Waals surface area (Å²) in [4.78, 5) is 3.62. The SMILES string of the molecule is CCC(CC)(C(N)c1csc(C)c1)N(C)C. The molecule has 0 aliphatic heterocycles. The van der Waals surface area contributed by atoms with Crippen LogP contribution in [0.1, 0.15) is 43.2 Å². The van der Waals surface area contributed by atoms with E-state index in [1.807, 2.05) is 0 Å². The summed E-state index contributed by atoms with van der Waals surface area (Å²) in [6.07, 6.45) is 2.15. The molecular weight excluding hydrogens is 216 g/mol. The van der Waals surface area contributed by atoms with E-state index in [4.69, 9.17) is 5.73 Å². The van der Waals surface area contributed by atoms with Gasteiger partial charge >= 0.3 is 0 Å². The highest BCUT2D eigenvalue weighted by Crippen LogP contribution is 2.35. The Morgan fingerprint density at radius 1 is 1.38 bits per heavy atom. The summed E-state index contributed by atoms with van der Waals surface area (Å²) >= 11 is 1.78. The summed E-state index contributed by atoms with van der Waals surface area (Å²) < 4.78 is 0. The number of likely N-dealkylation sites (N-methyl/N-ethyl adjacent to an activating group) is 1. The molecule has 0 saturated carbocycles. The maximum Gasteiger partial charge on any atom is 0.0490 e. The van der Waals surface area contributed by atoms with Crippen molar-refractivity contribution in [2.24, 2.45) is 5.73 Å². The average molecular weight is 240 g/mol. The highest BCUT2D eigenvalue weighted by Gasteiger charge is 2.36. The van der Waals surface area contributed by atoms with Crippen LogP contribution in [0.5, 0.6) is 0 Å². The Morgan fingerprint density at radius 3 is 2.25 bits per heavy atom. The van der Waals surface area contributed by atoms with E-state index in [9.17, 15) is 0 Å². The Hall–Kier alpha value is -0.380. The zero-order valence-corrected chi connectivity index (χ0v) is 11.9. The fourth-order valence-electron chi connectivity index (χ4n) is 2.54. The first-order valence-corrected chi connectivity index (χ1v) is 6.84. The molecule has 1 atom stereocenters. The molecule has 0 bridgehead atoms. The Kier molecular flexibility index (Phi) is 4.53. The van der Waals surface area contributed by atoms with Crippen LogP contribution in [0.25, 0.3) is 0 Å². The number of hydrogen-bond acceptors (Lipinski definition) is 3. The molecule has 92 valence electrons. The van der Waals surface area contributed by atoms with Crippen molar-refractivity contribution in [2.75, 3.05) is 14.1 Å². The molecule has 0 fully saturated rings. The minimum absolute atomic E-state index is 0.0769. The van der Waals surface area contributed by atoms with Crippen LogP contribution in [-0.4, -0.2) is 24.5 Å². The first-order chi connectivity index (χ1) is 7.47. The molecular formula is C13H24N2S. The molecule has 0 radical (unpaired) electrons. The fraction of sp³-hybridized carbons (Fsp3) is 0.692.